The third kappa shape index (κ3) is 4.39. The van der Waals surface area contributed by atoms with Crippen LogP contribution in [0.2, 0.25) is 0 Å². The van der Waals surface area contributed by atoms with Gasteiger partial charge < -0.3 is 4.74 Å². The standard InChI is InChI=1S/C15H25N3O3S/c1-11(2)12(3)14-9-15(17-10-16-14)21-13-5-7-18(8-6-13)22(4,19)20/h9-13H,5-8H2,1-4H3. The Morgan fingerprint density at radius 3 is 2.41 bits per heavy atom. The van der Waals surface area contributed by atoms with Crippen LogP contribution in [0.15, 0.2) is 12.4 Å². The SMILES string of the molecule is CC(C)C(C)c1cc(OC2CCN(S(C)(=O)=O)CC2)ncn1. The lowest BCUT2D eigenvalue weighted by molar-refractivity contribution is 0.129. The first-order valence-corrected chi connectivity index (χ1v) is 9.56. The van der Waals surface area contributed by atoms with E-state index in [1.54, 1.807) is 0 Å². The second kappa shape index (κ2) is 6.91. The number of hydrogen-bond donors (Lipinski definition) is 0. The summed E-state index contributed by atoms with van der Waals surface area (Å²) in [4.78, 5) is 8.50. The van der Waals surface area contributed by atoms with Gasteiger partial charge in [0.15, 0.2) is 0 Å². The van der Waals surface area contributed by atoms with Crippen LogP contribution in [0.5, 0.6) is 5.88 Å². The number of hydrogen-bond acceptors (Lipinski definition) is 5. The van der Waals surface area contributed by atoms with Gasteiger partial charge in [-0.25, -0.2) is 22.7 Å². The first-order chi connectivity index (χ1) is 10.3. The van der Waals surface area contributed by atoms with Crippen LogP contribution in [-0.4, -0.2) is 48.1 Å². The fourth-order valence-electron chi connectivity index (χ4n) is 2.46. The first-order valence-electron chi connectivity index (χ1n) is 7.71. The molecule has 1 aliphatic rings. The number of ether oxygens (including phenoxy) is 1. The lowest BCUT2D eigenvalue weighted by Crippen LogP contribution is -2.41. The Morgan fingerprint density at radius 2 is 1.86 bits per heavy atom. The monoisotopic (exact) mass is 327 g/mol. The van der Waals surface area contributed by atoms with Crippen LogP contribution in [0, 0.1) is 5.92 Å². The number of piperidine rings is 1. The summed E-state index contributed by atoms with van der Waals surface area (Å²) in [6, 6.07) is 1.90. The van der Waals surface area contributed by atoms with Crippen molar-refractivity contribution in [3.63, 3.8) is 0 Å². The average molecular weight is 327 g/mol. The molecule has 1 saturated heterocycles. The molecule has 0 bridgehead atoms. The predicted octanol–water partition coefficient (Wildman–Crippen LogP) is 2.04. The minimum absolute atomic E-state index is 0.00936. The van der Waals surface area contributed by atoms with Gasteiger partial charge in [0.25, 0.3) is 0 Å². The lowest BCUT2D eigenvalue weighted by atomic mass is 9.94. The second-order valence-corrected chi connectivity index (χ2v) is 8.28. The highest BCUT2D eigenvalue weighted by Gasteiger charge is 2.26. The summed E-state index contributed by atoms with van der Waals surface area (Å²) in [5, 5.41) is 0. The van der Waals surface area contributed by atoms with Gasteiger partial charge in [-0.3, -0.25) is 0 Å². The van der Waals surface area contributed by atoms with E-state index < -0.39 is 10.0 Å². The molecule has 7 heteroatoms. The Bertz CT molecular complexity index is 596. The molecule has 1 aromatic heterocycles. The zero-order valence-corrected chi connectivity index (χ0v) is 14.5. The summed E-state index contributed by atoms with van der Waals surface area (Å²) in [6.07, 6.45) is 4.17. The van der Waals surface area contributed by atoms with Gasteiger partial charge in [0.1, 0.15) is 12.4 Å². The summed E-state index contributed by atoms with van der Waals surface area (Å²) in [6.45, 7) is 7.47. The van der Waals surface area contributed by atoms with Crippen LogP contribution in [0.4, 0.5) is 0 Å². The van der Waals surface area contributed by atoms with Gasteiger partial charge in [0, 0.05) is 25.1 Å². The van der Waals surface area contributed by atoms with Crippen LogP contribution in [0.1, 0.15) is 45.2 Å². The van der Waals surface area contributed by atoms with Crippen molar-refractivity contribution in [2.24, 2.45) is 5.92 Å². The van der Waals surface area contributed by atoms with E-state index in [4.69, 9.17) is 4.74 Å². The molecular weight excluding hydrogens is 302 g/mol. The maximum Gasteiger partial charge on any atom is 0.216 e. The molecule has 0 radical (unpaired) electrons. The average Bonchev–Trinajstić information content (AvgIpc) is 2.46. The van der Waals surface area contributed by atoms with Crippen LogP contribution in [-0.2, 0) is 10.0 Å². The lowest BCUT2D eigenvalue weighted by Gasteiger charge is -2.30. The molecule has 2 heterocycles. The molecule has 22 heavy (non-hydrogen) atoms. The van der Waals surface area contributed by atoms with Crippen LogP contribution >= 0.6 is 0 Å². The largest absolute Gasteiger partial charge is 0.474 e. The molecule has 0 aromatic carbocycles. The van der Waals surface area contributed by atoms with E-state index in [-0.39, 0.29) is 6.10 Å². The van der Waals surface area contributed by atoms with E-state index in [0.29, 0.717) is 43.6 Å². The topological polar surface area (TPSA) is 72.4 Å². The minimum Gasteiger partial charge on any atom is -0.474 e. The molecule has 1 unspecified atom stereocenters. The van der Waals surface area contributed by atoms with E-state index in [9.17, 15) is 8.42 Å². The quantitative estimate of drug-likeness (QED) is 0.827. The Kier molecular flexibility index (Phi) is 5.39. The molecule has 1 aliphatic heterocycles. The first kappa shape index (κ1) is 17.1. The van der Waals surface area contributed by atoms with Crippen molar-refractivity contribution in [3.05, 3.63) is 18.1 Å². The molecule has 0 aliphatic carbocycles. The van der Waals surface area contributed by atoms with Crippen LogP contribution in [0.25, 0.3) is 0 Å². The molecule has 6 nitrogen and oxygen atoms in total. The highest BCUT2D eigenvalue weighted by Crippen LogP contribution is 2.25. The Labute approximate surface area is 133 Å². The van der Waals surface area contributed by atoms with E-state index in [1.807, 2.05) is 6.07 Å². The molecular formula is C15H25N3O3S. The van der Waals surface area contributed by atoms with Crippen molar-refractivity contribution in [2.45, 2.75) is 45.6 Å². The molecule has 0 N–H and O–H groups in total. The number of rotatable bonds is 5. The highest BCUT2D eigenvalue weighted by molar-refractivity contribution is 7.88. The Balaban J connectivity index is 1.97. The van der Waals surface area contributed by atoms with Crippen molar-refractivity contribution in [1.29, 1.82) is 0 Å². The maximum absolute atomic E-state index is 11.5. The summed E-state index contributed by atoms with van der Waals surface area (Å²) in [5.74, 6) is 1.42. The predicted molar refractivity (Wildman–Crippen MR) is 85.4 cm³/mol. The molecule has 2 rings (SSSR count). The molecule has 0 amide bonds. The van der Waals surface area contributed by atoms with Gasteiger partial charge in [-0.05, 0) is 18.8 Å². The molecule has 1 atom stereocenters. The zero-order valence-electron chi connectivity index (χ0n) is 13.7. The fraction of sp³-hybridized carbons (Fsp3) is 0.733. The van der Waals surface area contributed by atoms with Crippen LogP contribution in [0.3, 0.4) is 0 Å². The number of sulfonamides is 1. The fourth-order valence-corrected chi connectivity index (χ4v) is 3.33. The van der Waals surface area contributed by atoms with Crippen LogP contribution < -0.4 is 4.74 Å². The molecule has 1 aromatic rings. The van der Waals surface area contributed by atoms with Gasteiger partial charge in [-0.15, -0.1) is 0 Å². The number of aromatic nitrogens is 2. The van der Waals surface area contributed by atoms with E-state index in [2.05, 4.69) is 30.7 Å². The second-order valence-electron chi connectivity index (χ2n) is 6.29. The summed E-state index contributed by atoms with van der Waals surface area (Å²) in [7, 11) is -3.10. The van der Waals surface area contributed by atoms with Crippen molar-refractivity contribution in [1.82, 2.24) is 14.3 Å². The number of nitrogens with zero attached hydrogens (tertiary/aromatic N) is 3. The van der Waals surface area contributed by atoms with Gasteiger partial charge in [0.05, 0.1) is 11.9 Å². The van der Waals surface area contributed by atoms with Crippen molar-refractivity contribution in [2.75, 3.05) is 19.3 Å². The molecule has 0 saturated carbocycles. The van der Waals surface area contributed by atoms with E-state index in [1.165, 1.54) is 16.9 Å². The normalized spacial score (nSPS) is 19.3. The highest BCUT2D eigenvalue weighted by atomic mass is 32.2. The smallest absolute Gasteiger partial charge is 0.216 e. The minimum atomic E-state index is -3.10. The zero-order chi connectivity index (χ0) is 16.3. The third-order valence-electron chi connectivity index (χ3n) is 4.29. The molecule has 0 spiro atoms. The van der Waals surface area contributed by atoms with E-state index >= 15 is 0 Å². The Hall–Kier alpha value is -1.21. The van der Waals surface area contributed by atoms with Crippen molar-refractivity contribution >= 4 is 10.0 Å². The van der Waals surface area contributed by atoms with E-state index in [0.717, 1.165) is 5.69 Å². The maximum atomic E-state index is 11.5. The molecule has 1 fully saturated rings. The summed E-state index contributed by atoms with van der Waals surface area (Å²) < 4.78 is 30.4. The van der Waals surface area contributed by atoms with Crippen molar-refractivity contribution < 1.29 is 13.2 Å². The molecule has 124 valence electrons. The van der Waals surface area contributed by atoms with Gasteiger partial charge >= 0.3 is 0 Å². The van der Waals surface area contributed by atoms with Gasteiger partial charge in [-0.2, -0.15) is 0 Å². The van der Waals surface area contributed by atoms with Crippen molar-refractivity contribution in [3.8, 4) is 5.88 Å². The summed E-state index contributed by atoms with van der Waals surface area (Å²) >= 11 is 0. The summed E-state index contributed by atoms with van der Waals surface area (Å²) in [5.41, 5.74) is 0.980. The van der Waals surface area contributed by atoms with Gasteiger partial charge in [-0.1, -0.05) is 20.8 Å². The Morgan fingerprint density at radius 1 is 1.23 bits per heavy atom. The third-order valence-corrected chi connectivity index (χ3v) is 5.59. The van der Waals surface area contributed by atoms with Gasteiger partial charge in [0.2, 0.25) is 15.9 Å².